The summed E-state index contributed by atoms with van der Waals surface area (Å²) in [5, 5.41) is 8.67. The van der Waals surface area contributed by atoms with Crippen molar-refractivity contribution in [3.63, 3.8) is 0 Å². The van der Waals surface area contributed by atoms with Gasteiger partial charge in [-0.25, -0.2) is 5.53 Å². The minimum absolute atomic E-state index is 0.194. The quantitative estimate of drug-likeness (QED) is 0.862. The molecule has 1 saturated heterocycles. The highest BCUT2D eigenvalue weighted by atomic mass is 79.9. The molecule has 0 spiro atoms. The molecule has 0 aliphatic carbocycles. The molecule has 0 saturated carbocycles. The number of benzene rings is 1. The van der Waals surface area contributed by atoms with Crippen LogP contribution in [0, 0.1) is 0 Å². The van der Waals surface area contributed by atoms with E-state index in [4.69, 9.17) is 0 Å². The number of nitrogens with zero attached hydrogens (tertiary/aromatic N) is 3. The number of hydrogen-bond acceptors (Lipinski definition) is 6. The van der Waals surface area contributed by atoms with Crippen LogP contribution in [-0.4, -0.2) is 28.8 Å². The Labute approximate surface area is 141 Å². The van der Waals surface area contributed by atoms with Crippen molar-refractivity contribution in [1.29, 1.82) is 0 Å². The topological polar surface area (TPSA) is 42.9 Å². The summed E-state index contributed by atoms with van der Waals surface area (Å²) in [6, 6.07) is 13.0. The van der Waals surface area contributed by atoms with Crippen LogP contribution in [-0.2, 0) is 6.54 Å². The molecular formula is C15H16BrN5S. The van der Waals surface area contributed by atoms with Crippen molar-refractivity contribution in [3.05, 3.63) is 56.7 Å². The number of fused-ring (bicyclic) bond motifs is 1. The highest BCUT2D eigenvalue weighted by Gasteiger charge is 2.37. The van der Waals surface area contributed by atoms with Crippen molar-refractivity contribution in [3.8, 4) is 0 Å². The van der Waals surface area contributed by atoms with Gasteiger partial charge in [-0.15, -0.1) is 22.0 Å². The van der Waals surface area contributed by atoms with Gasteiger partial charge in [0.15, 0.2) is 5.84 Å². The molecule has 1 aromatic heterocycles. The van der Waals surface area contributed by atoms with Crippen LogP contribution in [0.5, 0.6) is 0 Å². The van der Waals surface area contributed by atoms with Crippen LogP contribution < -0.4 is 11.1 Å². The van der Waals surface area contributed by atoms with Gasteiger partial charge in [0, 0.05) is 22.4 Å². The van der Waals surface area contributed by atoms with Crippen molar-refractivity contribution in [1.82, 2.24) is 21.0 Å². The van der Waals surface area contributed by atoms with E-state index in [9.17, 15) is 0 Å². The Bertz CT molecular complexity index is 670. The lowest BCUT2D eigenvalue weighted by atomic mass is 10.1. The van der Waals surface area contributed by atoms with Crippen LogP contribution >= 0.6 is 27.3 Å². The molecule has 2 aliphatic rings. The molecule has 4 rings (SSSR count). The number of nitrogens with one attached hydrogen (secondary N) is 2. The first-order chi connectivity index (χ1) is 10.8. The third-order valence-corrected chi connectivity index (χ3v) is 5.42. The van der Waals surface area contributed by atoms with Gasteiger partial charge in [-0.05, 0) is 29.1 Å². The molecular weight excluding hydrogens is 362 g/mol. The highest BCUT2D eigenvalue weighted by molar-refractivity contribution is 9.10. The van der Waals surface area contributed by atoms with Gasteiger partial charge < -0.3 is 0 Å². The van der Waals surface area contributed by atoms with Gasteiger partial charge in [0.2, 0.25) is 0 Å². The predicted octanol–water partition coefficient (Wildman–Crippen LogP) is 2.71. The van der Waals surface area contributed by atoms with Crippen molar-refractivity contribution in [2.24, 2.45) is 5.10 Å². The van der Waals surface area contributed by atoms with E-state index >= 15 is 0 Å². The van der Waals surface area contributed by atoms with Crippen LogP contribution in [0.3, 0.4) is 0 Å². The summed E-state index contributed by atoms with van der Waals surface area (Å²) >= 11 is 5.28. The van der Waals surface area contributed by atoms with Gasteiger partial charge >= 0.3 is 0 Å². The lowest BCUT2D eigenvalue weighted by Crippen LogP contribution is -2.54. The first-order valence-electron chi connectivity index (χ1n) is 7.19. The summed E-state index contributed by atoms with van der Waals surface area (Å²) in [6.45, 7) is 2.83. The Hall–Kier alpha value is -1.41. The fraction of sp³-hybridized carbons (Fsp3) is 0.267. The van der Waals surface area contributed by atoms with Crippen molar-refractivity contribution in [2.75, 3.05) is 13.1 Å². The third kappa shape index (κ3) is 2.65. The van der Waals surface area contributed by atoms with E-state index in [1.54, 1.807) is 11.3 Å². The van der Waals surface area contributed by atoms with E-state index < -0.39 is 0 Å². The molecule has 5 nitrogen and oxygen atoms in total. The minimum Gasteiger partial charge on any atom is -0.283 e. The Kier molecular flexibility index (Phi) is 3.87. The smallest absolute Gasteiger partial charge is 0.164 e. The highest BCUT2D eigenvalue weighted by Crippen LogP contribution is 2.32. The van der Waals surface area contributed by atoms with Gasteiger partial charge in [-0.3, -0.25) is 9.91 Å². The fourth-order valence-corrected chi connectivity index (χ4v) is 4.03. The summed E-state index contributed by atoms with van der Waals surface area (Å²) < 4.78 is 1.12. The Morgan fingerprint density at radius 3 is 2.86 bits per heavy atom. The van der Waals surface area contributed by atoms with E-state index in [1.807, 2.05) is 0 Å². The van der Waals surface area contributed by atoms with E-state index in [0.29, 0.717) is 0 Å². The zero-order valence-electron chi connectivity index (χ0n) is 11.9. The maximum atomic E-state index is 4.44. The summed E-state index contributed by atoms with van der Waals surface area (Å²) in [5.74, 6) is 1.05. The van der Waals surface area contributed by atoms with Crippen molar-refractivity contribution >= 4 is 33.1 Å². The number of rotatable bonds is 3. The largest absolute Gasteiger partial charge is 0.283 e. The normalized spacial score (nSPS) is 21.4. The molecule has 1 unspecified atom stereocenters. The number of halogens is 1. The monoisotopic (exact) mass is 377 g/mol. The molecule has 1 aromatic carbocycles. The molecule has 3 heterocycles. The maximum Gasteiger partial charge on any atom is 0.164 e. The third-order valence-electron chi connectivity index (χ3n) is 3.96. The number of hydrazone groups is 1. The second kappa shape index (κ2) is 6.00. The zero-order valence-corrected chi connectivity index (χ0v) is 14.3. The second-order valence-corrected chi connectivity index (χ2v) is 7.26. The molecule has 0 amide bonds. The number of hydrogen-bond donors (Lipinski definition) is 2. The Morgan fingerprint density at radius 1 is 1.23 bits per heavy atom. The van der Waals surface area contributed by atoms with Crippen LogP contribution in [0.1, 0.15) is 16.5 Å². The van der Waals surface area contributed by atoms with Crippen molar-refractivity contribution in [2.45, 2.75) is 12.6 Å². The molecule has 1 atom stereocenters. The molecule has 2 aromatic rings. The Balaban J connectivity index is 1.63. The van der Waals surface area contributed by atoms with Crippen LogP contribution in [0.15, 0.2) is 51.4 Å². The fourth-order valence-electron chi connectivity index (χ4n) is 2.91. The lowest BCUT2D eigenvalue weighted by Gasteiger charge is -2.39. The summed E-state index contributed by atoms with van der Waals surface area (Å²) in [7, 11) is 0. The summed E-state index contributed by atoms with van der Waals surface area (Å²) in [6.07, 6.45) is 0. The van der Waals surface area contributed by atoms with Gasteiger partial charge in [0.25, 0.3) is 0 Å². The predicted molar refractivity (Wildman–Crippen MR) is 92.0 cm³/mol. The second-order valence-electron chi connectivity index (χ2n) is 5.36. The standard InChI is InChI=1S/C15H16BrN5S/c16-12-5-3-11(4-6-12)10-20-7-8-21-15(17-18-19-21)14(20)13-2-1-9-22-13/h1-6,9,14,18-19H,7-8,10H2. The molecule has 1 fully saturated rings. The number of piperazine rings is 1. The van der Waals surface area contributed by atoms with Gasteiger partial charge in [-0.2, -0.15) is 0 Å². The summed E-state index contributed by atoms with van der Waals surface area (Å²) in [4.78, 5) is 3.81. The average Bonchev–Trinajstić information content (AvgIpc) is 3.20. The first-order valence-corrected chi connectivity index (χ1v) is 8.86. The first kappa shape index (κ1) is 14.2. The molecule has 22 heavy (non-hydrogen) atoms. The van der Waals surface area contributed by atoms with E-state index in [0.717, 1.165) is 29.9 Å². The molecule has 2 N–H and O–H groups in total. The average molecular weight is 378 g/mol. The molecule has 0 radical (unpaired) electrons. The van der Waals surface area contributed by atoms with E-state index in [1.165, 1.54) is 10.4 Å². The number of amidine groups is 1. The number of hydrazine groups is 2. The SMILES string of the molecule is Brc1ccc(CN2CCN3NNN=C3C2c2cccs2)cc1. The molecule has 114 valence electrons. The summed E-state index contributed by atoms with van der Waals surface area (Å²) in [5.41, 5.74) is 7.29. The molecule has 7 heteroatoms. The van der Waals surface area contributed by atoms with E-state index in [-0.39, 0.29) is 6.04 Å². The van der Waals surface area contributed by atoms with Gasteiger partial charge in [0.1, 0.15) is 6.04 Å². The van der Waals surface area contributed by atoms with Crippen LogP contribution in [0.2, 0.25) is 0 Å². The van der Waals surface area contributed by atoms with E-state index in [2.05, 4.69) is 83.8 Å². The van der Waals surface area contributed by atoms with Crippen LogP contribution in [0.4, 0.5) is 0 Å². The molecule has 2 aliphatic heterocycles. The number of thiophene rings is 1. The minimum atomic E-state index is 0.194. The maximum absolute atomic E-state index is 4.44. The lowest BCUT2D eigenvalue weighted by molar-refractivity contribution is 0.147. The van der Waals surface area contributed by atoms with Crippen LogP contribution in [0.25, 0.3) is 0 Å². The zero-order chi connectivity index (χ0) is 14.9. The Morgan fingerprint density at radius 2 is 2.09 bits per heavy atom. The molecule has 0 bridgehead atoms. The van der Waals surface area contributed by atoms with Gasteiger partial charge in [0.05, 0.1) is 6.54 Å². The van der Waals surface area contributed by atoms with Gasteiger partial charge in [-0.1, -0.05) is 34.1 Å². The van der Waals surface area contributed by atoms with Crippen molar-refractivity contribution < 1.29 is 0 Å².